The third-order valence-corrected chi connectivity index (χ3v) is 7.37. The van der Waals surface area contributed by atoms with E-state index in [0.717, 1.165) is 18.4 Å². The van der Waals surface area contributed by atoms with Crippen molar-refractivity contribution in [1.82, 2.24) is 4.90 Å². The van der Waals surface area contributed by atoms with Crippen LogP contribution >= 0.6 is 24.4 Å². The number of benzene rings is 1. The van der Waals surface area contributed by atoms with E-state index in [-0.39, 0.29) is 23.3 Å². The number of rotatable bonds is 6. The van der Waals surface area contributed by atoms with Crippen LogP contribution in [0.5, 0.6) is 0 Å². The van der Waals surface area contributed by atoms with Crippen LogP contribution in [-0.4, -0.2) is 56.1 Å². The fourth-order valence-electron chi connectivity index (χ4n) is 4.07. The summed E-state index contributed by atoms with van der Waals surface area (Å²) in [7, 11) is 0. The number of aliphatic carboxylic acids is 1. The fraction of sp³-hybridized carbons (Fsp3) is 0.550. The van der Waals surface area contributed by atoms with Crippen molar-refractivity contribution in [2.24, 2.45) is 11.7 Å². The van der Waals surface area contributed by atoms with Crippen molar-refractivity contribution >= 4 is 42.1 Å². The zero-order chi connectivity index (χ0) is 20.3. The molecule has 152 valence electrons. The molecule has 3 N–H and O–H groups in total. The molecule has 6 nitrogen and oxygen atoms in total. The summed E-state index contributed by atoms with van der Waals surface area (Å²) < 4.78 is 0. The first-order chi connectivity index (χ1) is 13.4. The normalized spacial score (nSPS) is 28.9. The summed E-state index contributed by atoms with van der Waals surface area (Å²) in [5.74, 6) is -1.60. The van der Waals surface area contributed by atoms with Crippen LogP contribution < -0.4 is 5.73 Å². The lowest BCUT2D eigenvalue weighted by Crippen LogP contribution is -2.65. The molecule has 2 fully saturated rings. The first-order valence-corrected chi connectivity index (χ1v) is 11.2. The van der Waals surface area contributed by atoms with Crippen LogP contribution in [0.1, 0.15) is 31.2 Å². The minimum Gasteiger partial charge on any atom is -0.480 e. The number of carbonyl (C=O) groups excluding carboxylic acids is 2. The number of hydrogen-bond donors (Lipinski definition) is 3. The molecular formula is C20H26N2O4S2. The van der Waals surface area contributed by atoms with Gasteiger partial charge in [-0.1, -0.05) is 30.3 Å². The van der Waals surface area contributed by atoms with Crippen LogP contribution in [0.4, 0.5) is 0 Å². The van der Waals surface area contributed by atoms with E-state index >= 15 is 0 Å². The van der Waals surface area contributed by atoms with Crippen molar-refractivity contribution < 1.29 is 19.5 Å². The van der Waals surface area contributed by atoms with E-state index in [0.29, 0.717) is 18.6 Å². The number of nitrogens with two attached hydrogens (primary N) is 1. The van der Waals surface area contributed by atoms with Gasteiger partial charge in [0.1, 0.15) is 6.04 Å². The summed E-state index contributed by atoms with van der Waals surface area (Å²) in [6.07, 6.45) is 2.53. The lowest BCUT2D eigenvalue weighted by atomic mass is 9.80. The van der Waals surface area contributed by atoms with Gasteiger partial charge in [-0.2, -0.15) is 12.6 Å². The molecule has 28 heavy (non-hydrogen) atoms. The van der Waals surface area contributed by atoms with Gasteiger partial charge in [-0.25, -0.2) is 4.79 Å². The zero-order valence-corrected chi connectivity index (χ0v) is 17.3. The number of fused-ring (bicyclic) bond motifs is 1. The molecule has 1 amide bonds. The first kappa shape index (κ1) is 21.2. The van der Waals surface area contributed by atoms with Crippen molar-refractivity contribution in [3.05, 3.63) is 35.9 Å². The maximum Gasteiger partial charge on any atom is 0.326 e. The smallest absolute Gasteiger partial charge is 0.326 e. The van der Waals surface area contributed by atoms with Gasteiger partial charge in [-0.3, -0.25) is 9.59 Å². The second-order valence-corrected chi connectivity index (χ2v) is 9.13. The Hall–Kier alpha value is -1.51. The number of amides is 1. The van der Waals surface area contributed by atoms with Gasteiger partial charge in [0.2, 0.25) is 0 Å². The molecule has 4 atom stereocenters. The van der Waals surface area contributed by atoms with Gasteiger partial charge >= 0.3 is 5.97 Å². The van der Waals surface area contributed by atoms with Gasteiger partial charge in [-0.05, 0) is 43.4 Å². The zero-order valence-electron chi connectivity index (χ0n) is 15.6. The third kappa shape index (κ3) is 4.09. The van der Waals surface area contributed by atoms with Crippen molar-refractivity contribution in [2.75, 3.05) is 11.5 Å². The highest BCUT2D eigenvalue weighted by molar-refractivity contribution is 7.99. The number of carboxylic acids is 1. The molecule has 8 heteroatoms. The molecular weight excluding hydrogens is 396 g/mol. The summed E-state index contributed by atoms with van der Waals surface area (Å²) in [5, 5.41) is 9.37. The molecule has 1 aromatic rings. The number of carboxylic acid groups (broad SMARTS) is 1. The average Bonchev–Trinajstić information content (AvgIpc) is 2.83. The molecule has 2 saturated heterocycles. The highest BCUT2D eigenvalue weighted by atomic mass is 32.2. The molecule has 2 heterocycles. The Balaban J connectivity index is 1.88. The number of piperidine rings is 1. The lowest BCUT2D eigenvalue weighted by molar-refractivity contribution is -0.157. The van der Waals surface area contributed by atoms with E-state index in [4.69, 9.17) is 5.73 Å². The second-order valence-electron chi connectivity index (χ2n) is 7.48. The van der Waals surface area contributed by atoms with Crippen LogP contribution in [0, 0.1) is 5.92 Å². The minimum atomic E-state index is -1.70. The van der Waals surface area contributed by atoms with Crippen LogP contribution in [0.2, 0.25) is 0 Å². The van der Waals surface area contributed by atoms with E-state index in [1.54, 1.807) is 0 Å². The predicted octanol–water partition coefficient (Wildman–Crippen LogP) is 1.97. The van der Waals surface area contributed by atoms with Gasteiger partial charge in [-0.15, -0.1) is 11.8 Å². The summed E-state index contributed by atoms with van der Waals surface area (Å²) in [4.78, 5) is 39.9. The Morgan fingerprint density at radius 1 is 1.32 bits per heavy atom. The molecule has 4 unspecified atom stereocenters. The van der Waals surface area contributed by atoms with Crippen molar-refractivity contribution in [1.29, 1.82) is 0 Å². The predicted molar refractivity (Wildman–Crippen MR) is 112 cm³/mol. The molecule has 0 radical (unpaired) electrons. The Morgan fingerprint density at radius 3 is 2.68 bits per heavy atom. The molecule has 0 bridgehead atoms. The molecule has 0 saturated carbocycles. The number of ketones is 1. The molecule has 3 rings (SSSR count). The van der Waals surface area contributed by atoms with Crippen molar-refractivity contribution in [2.45, 2.75) is 49.1 Å². The lowest BCUT2D eigenvalue weighted by Gasteiger charge is -2.41. The Bertz CT molecular complexity index is 745. The molecule has 0 aliphatic carbocycles. The topological polar surface area (TPSA) is 101 Å². The van der Waals surface area contributed by atoms with Crippen LogP contribution in [0.25, 0.3) is 0 Å². The molecule has 0 spiro atoms. The van der Waals surface area contributed by atoms with Crippen molar-refractivity contribution in [3.8, 4) is 0 Å². The Morgan fingerprint density at radius 2 is 2.04 bits per heavy atom. The molecule has 1 aromatic carbocycles. The van der Waals surface area contributed by atoms with E-state index in [1.165, 1.54) is 16.7 Å². The summed E-state index contributed by atoms with van der Waals surface area (Å²) in [5.41, 5.74) is 5.75. The SMILES string of the molecule is NC1(C(=O)C(CS)Cc2ccccc2)CCSC2CCCC(C(=O)O)N2C1=O. The summed E-state index contributed by atoms with van der Waals surface area (Å²) in [6.45, 7) is 0. The number of hydrogen-bond acceptors (Lipinski definition) is 6. The first-order valence-electron chi connectivity index (χ1n) is 9.53. The fourth-order valence-corrected chi connectivity index (χ4v) is 5.81. The highest BCUT2D eigenvalue weighted by Gasteiger charge is 2.52. The maximum absolute atomic E-state index is 13.4. The molecule has 2 aliphatic heterocycles. The summed E-state index contributed by atoms with van der Waals surface area (Å²) in [6, 6.07) is 8.64. The molecule has 2 aliphatic rings. The van der Waals surface area contributed by atoms with Gasteiger partial charge in [0.25, 0.3) is 5.91 Å². The third-order valence-electron chi connectivity index (χ3n) is 5.64. The Labute approximate surface area is 174 Å². The Kier molecular flexibility index (Phi) is 6.73. The average molecular weight is 423 g/mol. The largest absolute Gasteiger partial charge is 0.480 e. The maximum atomic E-state index is 13.4. The van der Waals surface area contributed by atoms with E-state index in [9.17, 15) is 19.5 Å². The van der Waals surface area contributed by atoms with Gasteiger partial charge in [0.05, 0.1) is 5.37 Å². The van der Waals surface area contributed by atoms with Gasteiger partial charge in [0, 0.05) is 11.7 Å². The van der Waals surface area contributed by atoms with Crippen molar-refractivity contribution in [3.63, 3.8) is 0 Å². The van der Waals surface area contributed by atoms with Gasteiger partial charge in [0.15, 0.2) is 11.3 Å². The minimum absolute atomic E-state index is 0.216. The van der Waals surface area contributed by atoms with Gasteiger partial charge < -0.3 is 15.7 Å². The van der Waals surface area contributed by atoms with E-state index in [2.05, 4.69) is 12.6 Å². The van der Waals surface area contributed by atoms with E-state index in [1.807, 2.05) is 30.3 Å². The number of nitrogens with zero attached hydrogens (tertiary/aromatic N) is 1. The number of thiol groups is 1. The van der Waals surface area contributed by atoms with Crippen LogP contribution in [0.3, 0.4) is 0 Å². The monoisotopic (exact) mass is 422 g/mol. The summed E-state index contributed by atoms with van der Waals surface area (Å²) >= 11 is 5.87. The quantitative estimate of drug-likeness (QED) is 0.479. The molecule has 0 aromatic heterocycles. The standard InChI is InChI=1S/C20H26N2O4S2/c21-20(17(23)14(12-27)11-13-5-2-1-3-6-13)9-10-28-16-8-4-7-15(18(24)25)22(16)19(20)26/h1-3,5-6,14-16,27H,4,7-12,21H2,(H,24,25). The number of thioether (sulfide) groups is 1. The number of carbonyl (C=O) groups is 3. The highest BCUT2D eigenvalue weighted by Crippen LogP contribution is 2.37. The second kappa shape index (κ2) is 8.88. The van der Waals surface area contributed by atoms with Crippen LogP contribution in [0.15, 0.2) is 30.3 Å². The van der Waals surface area contributed by atoms with Crippen LogP contribution in [-0.2, 0) is 20.8 Å². The number of Topliss-reactive ketones (excluding diaryl/α,β-unsaturated/α-hetero) is 1. The van der Waals surface area contributed by atoms with E-state index < -0.39 is 29.4 Å².